The lowest BCUT2D eigenvalue weighted by Crippen LogP contribution is -2.65. The molecule has 3 aliphatic heterocycles. The highest BCUT2D eigenvalue weighted by Gasteiger charge is 2.53. The molecule has 0 unspecified atom stereocenters. The molecule has 1 saturated carbocycles. The molecule has 3 saturated heterocycles. The maximum atomic E-state index is 13.5. The van der Waals surface area contributed by atoms with Gasteiger partial charge in [0.1, 0.15) is 18.0 Å². The molecule has 0 radical (unpaired) electrons. The molecule has 4 fully saturated rings. The van der Waals surface area contributed by atoms with Crippen LogP contribution in [-0.4, -0.2) is 59.6 Å². The maximum absolute atomic E-state index is 13.5. The van der Waals surface area contributed by atoms with Gasteiger partial charge in [-0.2, -0.15) is 0 Å². The van der Waals surface area contributed by atoms with Gasteiger partial charge in [-0.25, -0.2) is 4.79 Å². The molecule has 6 nitrogen and oxygen atoms in total. The number of piperidine rings is 3. The van der Waals surface area contributed by atoms with Gasteiger partial charge in [-0.1, -0.05) is 25.0 Å². The van der Waals surface area contributed by atoms with Gasteiger partial charge >= 0.3 is 5.97 Å². The van der Waals surface area contributed by atoms with Gasteiger partial charge in [0.15, 0.2) is 11.7 Å². The fourth-order valence-corrected chi connectivity index (χ4v) is 7.26. The topological polar surface area (TPSA) is 76.0 Å². The van der Waals surface area contributed by atoms with E-state index in [9.17, 15) is 15.0 Å². The Hall–Kier alpha value is -2.09. The van der Waals surface area contributed by atoms with Crippen molar-refractivity contribution < 1.29 is 29.0 Å². The number of carbonyl (C=O) groups excluding carboxylic acids is 1. The third-order valence-corrected chi connectivity index (χ3v) is 9.31. The second kappa shape index (κ2) is 9.88. The van der Waals surface area contributed by atoms with Crippen LogP contribution in [0.25, 0.3) is 0 Å². The number of fused-ring (bicyclic) bond motifs is 3. The van der Waals surface area contributed by atoms with E-state index in [1.807, 2.05) is 23.6 Å². The number of esters is 1. The molecule has 2 atom stereocenters. The Balaban J connectivity index is 1.21. The summed E-state index contributed by atoms with van der Waals surface area (Å²) in [6, 6.07) is 10.7. The van der Waals surface area contributed by atoms with Gasteiger partial charge in [0.05, 0.1) is 26.2 Å². The number of rotatable bonds is 9. The minimum Gasteiger partial charge on any atom is -0.508 e. The summed E-state index contributed by atoms with van der Waals surface area (Å²) >= 11 is 1.45. The number of thiophene rings is 1. The zero-order valence-corrected chi connectivity index (χ0v) is 20.5. The fraction of sp³-hybridized carbons (Fsp3) is 0.593. The molecular formula is C27H36NO5S+. The predicted octanol–water partition coefficient (Wildman–Crippen LogP) is 4.45. The number of aliphatic hydroxyl groups is 1. The Morgan fingerprint density at radius 2 is 1.91 bits per heavy atom. The molecule has 0 spiro atoms. The number of benzene rings is 1. The smallest absolute Gasteiger partial charge is 0.344 e. The van der Waals surface area contributed by atoms with Crippen LogP contribution in [0.15, 0.2) is 41.8 Å². The summed E-state index contributed by atoms with van der Waals surface area (Å²) in [6.45, 7) is 4.63. The number of phenolic OH excluding ortho intramolecular Hbond substituents is 1. The summed E-state index contributed by atoms with van der Waals surface area (Å²) in [6.07, 6.45) is 6.76. The first kappa shape index (κ1) is 23.6. The first-order valence-electron chi connectivity index (χ1n) is 12.7. The van der Waals surface area contributed by atoms with Gasteiger partial charge in [0.25, 0.3) is 0 Å². The quantitative estimate of drug-likeness (QED) is 0.311. The zero-order chi connectivity index (χ0) is 23.6. The number of nitrogens with zero attached hydrogens (tertiary/aromatic N) is 1. The van der Waals surface area contributed by atoms with Gasteiger partial charge in [-0.05, 0) is 36.4 Å². The van der Waals surface area contributed by atoms with Crippen LogP contribution < -0.4 is 4.74 Å². The number of quaternary nitrogens is 1. The molecular weight excluding hydrogens is 450 g/mol. The van der Waals surface area contributed by atoms with E-state index in [0.29, 0.717) is 18.3 Å². The summed E-state index contributed by atoms with van der Waals surface area (Å²) in [5, 5.41) is 23.2. The van der Waals surface area contributed by atoms with Gasteiger partial charge in [-0.3, -0.25) is 0 Å². The number of hydrogen-bond acceptors (Lipinski definition) is 6. The van der Waals surface area contributed by atoms with Crippen molar-refractivity contribution in [3.63, 3.8) is 0 Å². The van der Waals surface area contributed by atoms with Crippen LogP contribution in [0.1, 0.15) is 49.8 Å². The van der Waals surface area contributed by atoms with E-state index in [0.717, 1.165) is 80.5 Å². The van der Waals surface area contributed by atoms with Crippen LogP contribution in [0, 0.1) is 11.8 Å². The monoisotopic (exact) mass is 486 g/mol. The Morgan fingerprint density at radius 1 is 1.12 bits per heavy atom. The predicted molar refractivity (Wildman–Crippen MR) is 131 cm³/mol. The van der Waals surface area contributed by atoms with Crippen molar-refractivity contribution in [2.75, 3.05) is 32.8 Å². The highest BCUT2D eigenvalue weighted by atomic mass is 32.1. The van der Waals surface area contributed by atoms with E-state index in [4.69, 9.17) is 9.47 Å². The summed E-state index contributed by atoms with van der Waals surface area (Å²) in [4.78, 5) is 14.3. The zero-order valence-electron chi connectivity index (χ0n) is 19.7. The normalized spacial score (nSPS) is 28.5. The van der Waals surface area contributed by atoms with E-state index >= 15 is 0 Å². The second-order valence-corrected chi connectivity index (χ2v) is 11.3. The second-order valence-electron chi connectivity index (χ2n) is 10.4. The Bertz CT molecular complexity index is 965. The van der Waals surface area contributed by atoms with Crippen molar-refractivity contribution in [2.24, 2.45) is 11.8 Å². The van der Waals surface area contributed by atoms with Crippen molar-refractivity contribution in [2.45, 2.75) is 56.7 Å². The summed E-state index contributed by atoms with van der Waals surface area (Å²) in [5.41, 5.74) is -1.52. The van der Waals surface area contributed by atoms with Crippen LogP contribution >= 0.6 is 11.3 Å². The Morgan fingerprint density at radius 3 is 2.62 bits per heavy atom. The van der Waals surface area contributed by atoms with E-state index < -0.39 is 11.6 Å². The average molecular weight is 487 g/mol. The molecule has 1 aromatic heterocycles. The van der Waals surface area contributed by atoms with Crippen molar-refractivity contribution in [3.8, 4) is 11.5 Å². The first-order chi connectivity index (χ1) is 16.5. The van der Waals surface area contributed by atoms with Gasteiger partial charge in [-0.15, -0.1) is 11.3 Å². The first-order valence-corrected chi connectivity index (χ1v) is 13.6. The molecule has 2 aromatic rings. The summed E-state index contributed by atoms with van der Waals surface area (Å²) in [5.74, 6) is 0.790. The van der Waals surface area contributed by atoms with Crippen molar-refractivity contribution in [1.82, 2.24) is 0 Å². The van der Waals surface area contributed by atoms with E-state index in [-0.39, 0.29) is 17.8 Å². The average Bonchev–Trinajstić information content (AvgIpc) is 3.57. The molecule has 2 bridgehead atoms. The molecule has 0 amide bonds. The largest absolute Gasteiger partial charge is 0.508 e. The van der Waals surface area contributed by atoms with Crippen LogP contribution in [0.4, 0.5) is 0 Å². The van der Waals surface area contributed by atoms with E-state index in [1.165, 1.54) is 11.3 Å². The molecule has 184 valence electrons. The lowest BCUT2D eigenvalue weighted by Gasteiger charge is -2.52. The molecule has 1 aromatic carbocycles. The van der Waals surface area contributed by atoms with Crippen LogP contribution in [0.5, 0.6) is 11.5 Å². The number of aromatic hydroxyl groups is 1. The molecule has 4 heterocycles. The van der Waals surface area contributed by atoms with Crippen LogP contribution in [0.2, 0.25) is 0 Å². The highest BCUT2D eigenvalue weighted by Crippen LogP contribution is 2.44. The number of phenols is 1. The van der Waals surface area contributed by atoms with Gasteiger partial charge in [0.2, 0.25) is 0 Å². The highest BCUT2D eigenvalue weighted by molar-refractivity contribution is 7.10. The molecule has 34 heavy (non-hydrogen) atoms. The fourth-order valence-electron chi connectivity index (χ4n) is 6.37. The van der Waals surface area contributed by atoms with Crippen molar-refractivity contribution >= 4 is 17.3 Å². The standard InChI is InChI=1S/C27H35NO5S/c29-22-8-3-9-23(18-22)32-16-5-13-28-14-11-20(12-15-28)24(19-28)33-26(30)27(31,21-6-1-2-7-21)25-10-4-17-34-25/h3-4,8-10,17-18,20-21,24,31H,1-2,5-7,11-16,19H2/p+1/t20?,24-,27+,28?/m0/s1. The lowest BCUT2D eigenvalue weighted by molar-refractivity contribution is -0.946. The number of carbonyl (C=O) groups is 1. The Kier molecular flexibility index (Phi) is 6.87. The number of hydrogen-bond donors (Lipinski definition) is 2. The van der Waals surface area contributed by atoms with Crippen LogP contribution in [-0.2, 0) is 15.1 Å². The third-order valence-electron chi connectivity index (χ3n) is 8.32. The molecule has 7 heteroatoms. The third kappa shape index (κ3) is 4.70. The molecule has 2 N–H and O–H groups in total. The lowest BCUT2D eigenvalue weighted by atomic mass is 9.82. The van der Waals surface area contributed by atoms with Crippen molar-refractivity contribution in [3.05, 3.63) is 46.7 Å². The SMILES string of the molecule is O=C(O[C@H]1C[N+]2(CCCOc3cccc(O)c3)CCC1CC2)[C@](O)(c1cccs1)C1CCCC1. The molecule has 1 aliphatic carbocycles. The summed E-state index contributed by atoms with van der Waals surface area (Å²) < 4.78 is 13.0. The number of ether oxygens (including phenoxy) is 2. The summed E-state index contributed by atoms with van der Waals surface area (Å²) in [7, 11) is 0. The van der Waals surface area contributed by atoms with Crippen molar-refractivity contribution in [1.29, 1.82) is 0 Å². The molecule has 6 rings (SSSR count). The minimum atomic E-state index is -1.52. The maximum Gasteiger partial charge on any atom is 0.344 e. The van der Waals surface area contributed by atoms with E-state index in [1.54, 1.807) is 18.2 Å². The van der Waals surface area contributed by atoms with Gasteiger partial charge in [0, 0.05) is 42.0 Å². The molecule has 4 aliphatic rings. The van der Waals surface area contributed by atoms with Gasteiger partial charge < -0.3 is 24.2 Å². The Labute approximate surface area is 205 Å². The minimum absolute atomic E-state index is 0.0579. The van der Waals surface area contributed by atoms with E-state index in [2.05, 4.69) is 0 Å². The van der Waals surface area contributed by atoms with Crippen LogP contribution in [0.3, 0.4) is 0 Å².